The van der Waals surface area contributed by atoms with E-state index in [0.29, 0.717) is 12.0 Å². The van der Waals surface area contributed by atoms with Gasteiger partial charge >= 0.3 is 0 Å². The van der Waals surface area contributed by atoms with Crippen LogP contribution in [0.5, 0.6) is 0 Å². The largest absolute Gasteiger partial charge is 0.369 e. The molecule has 0 fully saturated rings. The summed E-state index contributed by atoms with van der Waals surface area (Å²) in [5.41, 5.74) is 5.61. The molecule has 1 rings (SSSR count). The fourth-order valence-electron chi connectivity index (χ4n) is 1.09. The minimum absolute atomic E-state index is 0.282. The van der Waals surface area contributed by atoms with Crippen LogP contribution in [0.25, 0.3) is 0 Å². The van der Waals surface area contributed by atoms with E-state index >= 15 is 0 Å². The van der Waals surface area contributed by atoms with Crippen molar-refractivity contribution in [3.05, 3.63) is 35.6 Å². The zero-order valence-electron chi connectivity index (χ0n) is 7.46. The third-order valence-electron chi connectivity index (χ3n) is 1.97. The monoisotopic (exact) mass is 181 g/mol. The fraction of sp³-hybridized carbons (Fsp3) is 0.300. The molecule has 0 saturated carbocycles. The smallest absolute Gasteiger partial charge is 0.220 e. The van der Waals surface area contributed by atoms with E-state index in [9.17, 15) is 9.18 Å². The Hall–Kier alpha value is -1.38. The number of carbonyl (C=O) groups is 1. The number of amides is 1. The zero-order valence-corrected chi connectivity index (χ0v) is 7.46. The normalized spacial score (nSPS) is 12.5. The van der Waals surface area contributed by atoms with Gasteiger partial charge < -0.3 is 5.73 Å². The maximum absolute atomic E-state index is 13.1. The first-order chi connectivity index (χ1) is 6.11. The SMILES string of the molecule is CC(Cc1ccccc1F)C(N)=O. The average molecular weight is 181 g/mol. The quantitative estimate of drug-likeness (QED) is 0.754. The average Bonchev–Trinajstić information content (AvgIpc) is 2.08. The van der Waals surface area contributed by atoms with E-state index in [-0.39, 0.29) is 11.7 Å². The van der Waals surface area contributed by atoms with Gasteiger partial charge in [0.15, 0.2) is 0 Å². The summed E-state index contributed by atoms with van der Waals surface area (Å²) >= 11 is 0. The summed E-state index contributed by atoms with van der Waals surface area (Å²) in [4.78, 5) is 10.7. The Morgan fingerprint density at radius 2 is 2.15 bits per heavy atom. The van der Waals surface area contributed by atoms with Crippen LogP contribution in [0, 0.1) is 11.7 Å². The predicted octanol–water partition coefficient (Wildman–Crippen LogP) is 1.49. The minimum Gasteiger partial charge on any atom is -0.369 e. The van der Waals surface area contributed by atoms with Crippen molar-refractivity contribution in [1.82, 2.24) is 0 Å². The number of rotatable bonds is 3. The van der Waals surface area contributed by atoms with Crippen LogP contribution in [-0.2, 0) is 11.2 Å². The second-order valence-corrected chi connectivity index (χ2v) is 3.10. The minimum atomic E-state index is -0.400. The molecule has 1 unspecified atom stereocenters. The van der Waals surface area contributed by atoms with Crippen molar-refractivity contribution < 1.29 is 9.18 Å². The van der Waals surface area contributed by atoms with E-state index in [4.69, 9.17) is 5.73 Å². The van der Waals surface area contributed by atoms with Crippen LogP contribution in [0.4, 0.5) is 4.39 Å². The number of halogens is 1. The van der Waals surface area contributed by atoms with Crippen molar-refractivity contribution >= 4 is 5.91 Å². The number of benzene rings is 1. The van der Waals surface area contributed by atoms with Gasteiger partial charge in [-0.2, -0.15) is 0 Å². The highest BCUT2D eigenvalue weighted by molar-refractivity contribution is 5.76. The molecule has 1 aromatic rings. The highest BCUT2D eigenvalue weighted by Gasteiger charge is 2.11. The Balaban J connectivity index is 2.74. The Bertz CT molecular complexity index is 312. The summed E-state index contributed by atoms with van der Waals surface area (Å²) in [6, 6.07) is 6.40. The second kappa shape index (κ2) is 4.03. The summed E-state index contributed by atoms with van der Waals surface area (Å²) in [5.74, 6) is -1.00. The molecule has 70 valence electrons. The van der Waals surface area contributed by atoms with Crippen molar-refractivity contribution in [1.29, 1.82) is 0 Å². The van der Waals surface area contributed by atoms with Crippen molar-refractivity contribution in [2.24, 2.45) is 11.7 Å². The van der Waals surface area contributed by atoms with Crippen molar-refractivity contribution in [3.8, 4) is 0 Å². The van der Waals surface area contributed by atoms with Gasteiger partial charge in [-0.05, 0) is 18.1 Å². The number of hydrogen-bond donors (Lipinski definition) is 1. The summed E-state index contributed by atoms with van der Waals surface area (Å²) in [7, 11) is 0. The molecule has 3 heteroatoms. The van der Waals surface area contributed by atoms with Crippen molar-refractivity contribution in [2.45, 2.75) is 13.3 Å². The van der Waals surface area contributed by atoms with Gasteiger partial charge in [0.05, 0.1) is 0 Å². The molecule has 0 saturated heterocycles. The fourth-order valence-corrected chi connectivity index (χ4v) is 1.09. The Morgan fingerprint density at radius 1 is 1.54 bits per heavy atom. The van der Waals surface area contributed by atoms with Crippen molar-refractivity contribution in [3.63, 3.8) is 0 Å². The van der Waals surface area contributed by atoms with Gasteiger partial charge in [0.25, 0.3) is 0 Å². The molecular formula is C10H12FNO. The summed E-state index contributed by atoms with van der Waals surface area (Å²) < 4.78 is 13.1. The van der Waals surface area contributed by atoms with Gasteiger partial charge in [-0.25, -0.2) is 4.39 Å². The van der Waals surface area contributed by atoms with E-state index in [0.717, 1.165) is 0 Å². The molecule has 1 amide bonds. The van der Waals surface area contributed by atoms with E-state index in [1.807, 2.05) is 0 Å². The van der Waals surface area contributed by atoms with E-state index in [2.05, 4.69) is 0 Å². The molecule has 0 aliphatic heterocycles. The number of primary amides is 1. The van der Waals surface area contributed by atoms with Crippen LogP contribution >= 0.6 is 0 Å². The molecule has 1 atom stereocenters. The lowest BCUT2D eigenvalue weighted by molar-refractivity contribution is -0.121. The first-order valence-corrected chi connectivity index (χ1v) is 4.14. The van der Waals surface area contributed by atoms with Gasteiger partial charge in [-0.3, -0.25) is 4.79 Å². The van der Waals surface area contributed by atoms with Crippen molar-refractivity contribution in [2.75, 3.05) is 0 Å². The van der Waals surface area contributed by atoms with Gasteiger partial charge in [0.2, 0.25) is 5.91 Å². The van der Waals surface area contributed by atoms with E-state index in [1.54, 1.807) is 25.1 Å². The zero-order chi connectivity index (χ0) is 9.84. The van der Waals surface area contributed by atoms with E-state index < -0.39 is 5.91 Å². The standard InChI is InChI=1S/C10H12FNO/c1-7(10(12)13)6-8-4-2-3-5-9(8)11/h2-5,7H,6H2,1H3,(H2,12,13). The lowest BCUT2D eigenvalue weighted by atomic mass is 10.0. The van der Waals surface area contributed by atoms with E-state index in [1.165, 1.54) is 6.07 Å². The molecular weight excluding hydrogens is 169 g/mol. The number of hydrogen-bond acceptors (Lipinski definition) is 1. The van der Waals surface area contributed by atoms with Crippen LogP contribution in [-0.4, -0.2) is 5.91 Å². The molecule has 0 aromatic heterocycles. The molecule has 0 bridgehead atoms. The summed E-state index contributed by atoms with van der Waals surface area (Å²) in [5, 5.41) is 0. The molecule has 2 N–H and O–H groups in total. The molecule has 13 heavy (non-hydrogen) atoms. The molecule has 0 spiro atoms. The predicted molar refractivity (Wildman–Crippen MR) is 48.5 cm³/mol. The van der Waals surface area contributed by atoms with Gasteiger partial charge in [0.1, 0.15) is 5.82 Å². The second-order valence-electron chi connectivity index (χ2n) is 3.10. The molecule has 0 heterocycles. The molecule has 1 aromatic carbocycles. The Labute approximate surface area is 76.6 Å². The topological polar surface area (TPSA) is 43.1 Å². The summed E-state index contributed by atoms with van der Waals surface area (Å²) in [6.45, 7) is 1.69. The highest BCUT2D eigenvalue weighted by atomic mass is 19.1. The first kappa shape index (κ1) is 9.71. The number of carbonyl (C=O) groups excluding carboxylic acids is 1. The Kier molecular flexibility index (Phi) is 3.01. The third kappa shape index (κ3) is 2.54. The lowest BCUT2D eigenvalue weighted by Crippen LogP contribution is -2.22. The maximum Gasteiger partial charge on any atom is 0.220 e. The van der Waals surface area contributed by atoms with Gasteiger partial charge in [0, 0.05) is 5.92 Å². The van der Waals surface area contributed by atoms with Crippen LogP contribution in [0.15, 0.2) is 24.3 Å². The molecule has 0 radical (unpaired) electrons. The molecule has 0 aliphatic carbocycles. The van der Waals surface area contributed by atoms with Gasteiger partial charge in [-0.1, -0.05) is 25.1 Å². The summed E-state index contributed by atoms with van der Waals surface area (Å²) in [6.07, 6.45) is 0.363. The molecule has 0 aliphatic rings. The first-order valence-electron chi connectivity index (χ1n) is 4.14. The highest BCUT2D eigenvalue weighted by Crippen LogP contribution is 2.11. The molecule has 2 nitrogen and oxygen atoms in total. The maximum atomic E-state index is 13.1. The van der Waals surface area contributed by atoms with Gasteiger partial charge in [-0.15, -0.1) is 0 Å². The number of nitrogens with two attached hydrogens (primary N) is 1. The van der Waals surface area contributed by atoms with Crippen LogP contribution in [0.1, 0.15) is 12.5 Å². The van der Waals surface area contributed by atoms with Crippen LogP contribution < -0.4 is 5.73 Å². The third-order valence-corrected chi connectivity index (χ3v) is 1.97. The van der Waals surface area contributed by atoms with Crippen LogP contribution in [0.2, 0.25) is 0 Å². The van der Waals surface area contributed by atoms with Crippen LogP contribution in [0.3, 0.4) is 0 Å². The Morgan fingerprint density at radius 3 is 2.69 bits per heavy atom. The lowest BCUT2D eigenvalue weighted by Gasteiger charge is -2.07.